The van der Waals surface area contributed by atoms with Crippen LogP contribution in [0.2, 0.25) is 0 Å². The van der Waals surface area contributed by atoms with Gasteiger partial charge < -0.3 is 9.64 Å². The van der Waals surface area contributed by atoms with E-state index in [0.29, 0.717) is 5.56 Å². The molecular weight excluding hydrogens is 362 g/mol. The predicted octanol–water partition coefficient (Wildman–Crippen LogP) is 5.22. The molecule has 1 fully saturated rings. The molecule has 1 saturated carbocycles. The van der Waals surface area contributed by atoms with E-state index >= 15 is 0 Å². The van der Waals surface area contributed by atoms with Gasteiger partial charge in [-0.15, -0.1) is 0 Å². The Morgan fingerprint density at radius 3 is 2.48 bits per heavy atom. The molecular formula is C20H19F4NO2. The second kappa shape index (κ2) is 7.21. The molecule has 0 spiro atoms. The van der Waals surface area contributed by atoms with Crippen LogP contribution in [0.3, 0.4) is 0 Å². The van der Waals surface area contributed by atoms with Gasteiger partial charge in [-0.2, -0.15) is 13.2 Å². The van der Waals surface area contributed by atoms with Crippen LogP contribution in [0.1, 0.15) is 47.3 Å². The minimum atomic E-state index is -4.46. The molecule has 7 heteroatoms. The maximum atomic E-state index is 13.7. The van der Waals surface area contributed by atoms with Gasteiger partial charge in [-0.1, -0.05) is 12.1 Å². The Balaban J connectivity index is 1.97. The number of carbonyl (C=O) groups excluding carboxylic acids is 1. The monoisotopic (exact) mass is 381 g/mol. The first kappa shape index (κ1) is 19.2. The molecule has 144 valence electrons. The highest BCUT2D eigenvalue weighted by molar-refractivity contribution is 5.97. The zero-order chi connectivity index (χ0) is 19.8. The molecule has 3 nitrogen and oxygen atoms in total. The number of benzene rings is 2. The number of amides is 1. The fraction of sp³-hybridized carbons (Fsp3) is 0.350. The Labute approximate surface area is 154 Å². The van der Waals surface area contributed by atoms with Crippen molar-refractivity contribution in [3.8, 4) is 5.75 Å². The van der Waals surface area contributed by atoms with Crippen LogP contribution < -0.4 is 4.74 Å². The molecule has 3 rings (SSSR count). The second-order valence-electron chi connectivity index (χ2n) is 6.59. The van der Waals surface area contributed by atoms with Gasteiger partial charge in [0.05, 0.1) is 24.3 Å². The number of hydrogen-bond donors (Lipinski definition) is 0. The summed E-state index contributed by atoms with van der Waals surface area (Å²) in [6.45, 7) is 1.68. The third-order valence-corrected chi connectivity index (χ3v) is 4.68. The van der Waals surface area contributed by atoms with Crippen molar-refractivity contribution in [2.75, 3.05) is 7.11 Å². The number of rotatable bonds is 5. The predicted molar refractivity (Wildman–Crippen MR) is 92.0 cm³/mol. The summed E-state index contributed by atoms with van der Waals surface area (Å²) in [7, 11) is 1.38. The van der Waals surface area contributed by atoms with Crippen LogP contribution in [0.4, 0.5) is 17.6 Å². The molecule has 1 unspecified atom stereocenters. The number of alkyl halides is 3. The highest BCUT2D eigenvalue weighted by Crippen LogP contribution is 2.38. The van der Waals surface area contributed by atoms with Crippen molar-refractivity contribution < 1.29 is 27.1 Å². The van der Waals surface area contributed by atoms with E-state index in [1.165, 1.54) is 30.2 Å². The highest BCUT2D eigenvalue weighted by atomic mass is 19.4. The summed E-state index contributed by atoms with van der Waals surface area (Å²) in [5, 5.41) is 0. The number of ether oxygens (including phenoxy) is 1. The van der Waals surface area contributed by atoms with Gasteiger partial charge >= 0.3 is 6.18 Å². The van der Waals surface area contributed by atoms with Crippen molar-refractivity contribution in [1.82, 2.24) is 4.90 Å². The SMILES string of the molecule is COc1ccc(F)cc1C(=O)N(C1CC1)C(C)c1cccc(C(F)(F)F)c1. The summed E-state index contributed by atoms with van der Waals surface area (Å²) in [5.41, 5.74) is -0.331. The average Bonchev–Trinajstić information content (AvgIpc) is 3.46. The molecule has 1 aliphatic carbocycles. The van der Waals surface area contributed by atoms with Gasteiger partial charge in [0.2, 0.25) is 0 Å². The molecule has 2 aromatic rings. The molecule has 0 N–H and O–H groups in total. The average molecular weight is 381 g/mol. The van der Waals surface area contributed by atoms with Crippen LogP contribution in [-0.4, -0.2) is 24.0 Å². The van der Waals surface area contributed by atoms with Gasteiger partial charge in [0.15, 0.2) is 0 Å². The van der Waals surface area contributed by atoms with E-state index in [9.17, 15) is 22.4 Å². The van der Waals surface area contributed by atoms with Gasteiger partial charge in [0.1, 0.15) is 11.6 Å². The molecule has 1 amide bonds. The molecule has 27 heavy (non-hydrogen) atoms. The molecule has 1 aliphatic rings. The van der Waals surface area contributed by atoms with E-state index in [1.54, 1.807) is 13.0 Å². The minimum absolute atomic E-state index is 0.0585. The molecule has 0 aromatic heterocycles. The molecule has 0 aliphatic heterocycles. The van der Waals surface area contributed by atoms with Crippen molar-refractivity contribution in [2.24, 2.45) is 0 Å². The van der Waals surface area contributed by atoms with E-state index in [1.807, 2.05) is 0 Å². The summed E-state index contributed by atoms with van der Waals surface area (Å²) < 4.78 is 57.9. The summed E-state index contributed by atoms with van der Waals surface area (Å²) in [4.78, 5) is 14.6. The molecule has 0 radical (unpaired) electrons. The molecule has 0 bridgehead atoms. The first-order valence-corrected chi connectivity index (χ1v) is 8.55. The lowest BCUT2D eigenvalue weighted by molar-refractivity contribution is -0.137. The summed E-state index contributed by atoms with van der Waals surface area (Å²) in [6, 6.07) is 7.89. The third kappa shape index (κ3) is 4.07. The number of methoxy groups -OCH3 is 1. The maximum Gasteiger partial charge on any atom is 0.416 e. The van der Waals surface area contributed by atoms with Gasteiger partial charge in [0, 0.05) is 6.04 Å². The van der Waals surface area contributed by atoms with Crippen LogP contribution in [0.15, 0.2) is 42.5 Å². The highest BCUT2D eigenvalue weighted by Gasteiger charge is 2.38. The van der Waals surface area contributed by atoms with Crippen molar-refractivity contribution in [3.05, 3.63) is 65.0 Å². The molecule has 0 saturated heterocycles. The maximum absolute atomic E-state index is 13.7. The summed E-state index contributed by atoms with van der Waals surface area (Å²) in [6.07, 6.45) is -2.95. The van der Waals surface area contributed by atoms with Crippen LogP contribution in [0, 0.1) is 5.82 Å². The summed E-state index contributed by atoms with van der Waals surface area (Å²) in [5.74, 6) is -0.816. The van der Waals surface area contributed by atoms with Crippen molar-refractivity contribution in [2.45, 2.75) is 38.0 Å². The number of carbonyl (C=O) groups is 1. The van der Waals surface area contributed by atoms with E-state index in [2.05, 4.69) is 0 Å². The molecule has 2 aromatic carbocycles. The Kier molecular flexibility index (Phi) is 5.13. The van der Waals surface area contributed by atoms with E-state index in [-0.39, 0.29) is 17.4 Å². The standard InChI is InChI=1S/C20H19F4NO2/c1-12(13-4-3-5-14(10-13)20(22,23)24)25(16-7-8-16)19(26)17-11-15(21)6-9-18(17)27-2/h3-6,9-12,16H,7-8H2,1-2H3. The van der Waals surface area contributed by atoms with Crippen LogP contribution in [0.5, 0.6) is 5.75 Å². The number of hydrogen-bond acceptors (Lipinski definition) is 2. The zero-order valence-electron chi connectivity index (χ0n) is 14.9. The zero-order valence-corrected chi connectivity index (χ0v) is 14.9. The quantitative estimate of drug-likeness (QED) is 0.665. The van der Waals surface area contributed by atoms with E-state index < -0.39 is 29.5 Å². The Hall–Kier alpha value is -2.57. The summed E-state index contributed by atoms with van der Waals surface area (Å²) >= 11 is 0. The van der Waals surface area contributed by atoms with Crippen LogP contribution in [0.25, 0.3) is 0 Å². The van der Waals surface area contributed by atoms with E-state index in [0.717, 1.165) is 31.0 Å². The minimum Gasteiger partial charge on any atom is -0.496 e. The normalized spacial score (nSPS) is 15.3. The van der Waals surface area contributed by atoms with Crippen molar-refractivity contribution >= 4 is 5.91 Å². The Bertz CT molecular complexity index is 846. The second-order valence-corrected chi connectivity index (χ2v) is 6.59. The number of nitrogens with zero attached hydrogens (tertiary/aromatic N) is 1. The Morgan fingerprint density at radius 2 is 1.89 bits per heavy atom. The first-order valence-electron chi connectivity index (χ1n) is 8.55. The lowest BCUT2D eigenvalue weighted by Gasteiger charge is -2.30. The van der Waals surface area contributed by atoms with Gasteiger partial charge in [-0.25, -0.2) is 4.39 Å². The molecule has 0 heterocycles. The lowest BCUT2D eigenvalue weighted by atomic mass is 10.0. The largest absolute Gasteiger partial charge is 0.496 e. The van der Waals surface area contributed by atoms with Crippen molar-refractivity contribution in [3.63, 3.8) is 0 Å². The van der Waals surface area contributed by atoms with Crippen molar-refractivity contribution in [1.29, 1.82) is 0 Å². The van der Waals surface area contributed by atoms with Gasteiger partial charge in [-0.05, 0) is 55.7 Å². The van der Waals surface area contributed by atoms with Crippen LogP contribution >= 0.6 is 0 Å². The van der Waals surface area contributed by atoms with Crippen LogP contribution in [-0.2, 0) is 6.18 Å². The Morgan fingerprint density at radius 1 is 1.19 bits per heavy atom. The van der Waals surface area contributed by atoms with E-state index in [4.69, 9.17) is 4.74 Å². The fourth-order valence-corrected chi connectivity index (χ4v) is 3.13. The topological polar surface area (TPSA) is 29.5 Å². The molecule has 1 atom stereocenters. The van der Waals surface area contributed by atoms with Gasteiger partial charge in [-0.3, -0.25) is 4.79 Å². The fourth-order valence-electron chi connectivity index (χ4n) is 3.13. The smallest absolute Gasteiger partial charge is 0.416 e. The third-order valence-electron chi connectivity index (χ3n) is 4.68. The number of halogens is 4. The lowest BCUT2D eigenvalue weighted by Crippen LogP contribution is -2.36. The first-order chi connectivity index (χ1) is 12.7. The van der Waals surface area contributed by atoms with Gasteiger partial charge in [0.25, 0.3) is 5.91 Å².